The van der Waals surface area contributed by atoms with Gasteiger partial charge in [0.1, 0.15) is 0 Å². The fraction of sp³-hybridized carbons (Fsp3) is 0.786. The summed E-state index contributed by atoms with van der Waals surface area (Å²) < 4.78 is 3.23. The van der Waals surface area contributed by atoms with Crippen LogP contribution in [-0.4, -0.2) is 40.4 Å². The highest BCUT2D eigenvalue weighted by Crippen LogP contribution is 2.24. The van der Waals surface area contributed by atoms with Crippen molar-refractivity contribution in [3.8, 4) is 0 Å². The summed E-state index contributed by atoms with van der Waals surface area (Å²) in [7, 11) is 2.05. The molecule has 1 saturated heterocycles. The summed E-state index contributed by atoms with van der Waals surface area (Å²) in [6, 6.07) is 0.707. The van der Waals surface area contributed by atoms with Crippen LogP contribution in [0.1, 0.15) is 38.1 Å². The summed E-state index contributed by atoms with van der Waals surface area (Å²) >= 11 is 3.72. The van der Waals surface area contributed by atoms with Crippen molar-refractivity contribution in [2.75, 3.05) is 19.6 Å². The van der Waals surface area contributed by atoms with E-state index in [0.717, 1.165) is 32.6 Å². The SMILES string of the molecule is CCc1nn(C)c(CN(CC)C2CCNCC2)c1Br. The minimum atomic E-state index is 0.707. The Bertz CT molecular complexity index is 410. The molecule has 0 bridgehead atoms. The highest BCUT2D eigenvalue weighted by Gasteiger charge is 2.22. The van der Waals surface area contributed by atoms with Gasteiger partial charge >= 0.3 is 0 Å². The molecule has 0 atom stereocenters. The first kappa shape index (κ1) is 15.0. The van der Waals surface area contributed by atoms with Crippen LogP contribution < -0.4 is 5.32 Å². The van der Waals surface area contributed by atoms with Crippen LogP contribution in [0.2, 0.25) is 0 Å². The first-order chi connectivity index (χ1) is 9.17. The summed E-state index contributed by atoms with van der Waals surface area (Å²) in [5.74, 6) is 0. The van der Waals surface area contributed by atoms with Crippen LogP contribution in [0.4, 0.5) is 0 Å². The van der Waals surface area contributed by atoms with Gasteiger partial charge in [-0.2, -0.15) is 5.10 Å². The third-order valence-corrected chi connectivity index (χ3v) is 5.00. The molecule has 0 unspecified atom stereocenters. The molecule has 0 radical (unpaired) electrons. The second-order valence-electron chi connectivity index (χ2n) is 5.23. The van der Waals surface area contributed by atoms with E-state index in [-0.39, 0.29) is 0 Å². The van der Waals surface area contributed by atoms with Crippen LogP contribution in [-0.2, 0) is 20.0 Å². The Kier molecular flexibility index (Phi) is 5.42. The van der Waals surface area contributed by atoms with Crippen molar-refractivity contribution in [2.24, 2.45) is 7.05 Å². The molecule has 0 amide bonds. The summed E-state index contributed by atoms with van der Waals surface area (Å²) in [4.78, 5) is 2.59. The van der Waals surface area contributed by atoms with Crippen molar-refractivity contribution < 1.29 is 0 Å². The number of aromatic nitrogens is 2. The largest absolute Gasteiger partial charge is 0.317 e. The van der Waals surface area contributed by atoms with Gasteiger partial charge < -0.3 is 5.32 Å². The normalized spacial score (nSPS) is 17.3. The number of aryl methyl sites for hydroxylation is 2. The molecule has 1 aliphatic rings. The fourth-order valence-corrected chi connectivity index (χ4v) is 3.60. The molecule has 1 aromatic rings. The Labute approximate surface area is 124 Å². The smallest absolute Gasteiger partial charge is 0.0767 e. The lowest BCUT2D eigenvalue weighted by Gasteiger charge is -2.33. The number of rotatable bonds is 5. The van der Waals surface area contributed by atoms with Crippen LogP contribution in [0.3, 0.4) is 0 Å². The van der Waals surface area contributed by atoms with E-state index < -0.39 is 0 Å². The number of nitrogens with one attached hydrogen (secondary N) is 1. The molecule has 1 aromatic heterocycles. The maximum absolute atomic E-state index is 4.59. The van der Waals surface area contributed by atoms with Crippen LogP contribution in [0, 0.1) is 0 Å². The number of piperidine rings is 1. The van der Waals surface area contributed by atoms with Crippen molar-refractivity contribution >= 4 is 15.9 Å². The zero-order valence-corrected chi connectivity index (χ0v) is 13.8. The Hall–Kier alpha value is -0.390. The van der Waals surface area contributed by atoms with Crippen molar-refractivity contribution in [1.82, 2.24) is 20.0 Å². The maximum atomic E-state index is 4.59. The van der Waals surface area contributed by atoms with Gasteiger partial charge in [-0.25, -0.2) is 0 Å². The lowest BCUT2D eigenvalue weighted by molar-refractivity contribution is 0.158. The first-order valence-electron chi connectivity index (χ1n) is 7.32. The van der Waals surface area contributed by atoms with Gasteiger partial charge in [-0.05, 0) is 54.8 Å². The van der Waals surface area contributed by atoms with Gasteiger partial charge in [-0.1, -0.05) is 13.8 Å². The lowest BCUT2D eigenvalue weighted by Crippen LogP contribution is -2.42. The zero-order chi connectivity index (χ0) is 13.8. The molecule has 1 fully saturated rings. The quantitative estimate of drug-likeness (QED) is 0.900. The van der Waals surface area contributed by atoms with Gasteiger partial charge in [0, 0.05) is 19.6 Å². The van der Waals surface area contributed by atoms with Crippen molar-refractivity contribution in [1.29, 1.82) is 0 Å². The molecule has 0 saturated carbocycles. The monoisotopic (exact) mass is 328 g/mol. The predicted molar refractivity (Wildman–Crippen MR) is 82.3 cm³/mol. The van der Waals surface area contributed by atoms with E-state index in [1.54, 1.807) is 0 Å². The highest BCUT2D eigenvalue weighted by atomic mass is 79.9. The summed E-state index contributed by atoms with van der Waals surface area (Å²) in [5.41, 5.74) is 2.47. The second kappa shape index (κ2) is 6.86. The first-order valence-corrected chi connectivity index (χ1v) is 8.11. The van der Waals surface area contributed by atoms with Gasteiger partial charge in [-0.3, -0.25) is 9.58 Å². The van der Waals surface area contributed by atoms with Crippen LogP contribution in [0.5, 0.6) is 0 Å². The Balaban J connectivity index is 2.11. The molecule has 4 nitrogen and oxygen atoms in total. The van der Waals surface area contributed by atoms with E-state index in [0.29, 0.717) is 6.04 Å². The van der Waals surface area contributed by atoms with Crippen LogP contribution in [0.25, 0.3) is 0 Å². The molecule has 1 aliphatic heterocycles. The van der Waals surface area contributed by atoms with Gasteiger partial charge in [0.2, 0.25) is 0 Å². The number of nitrogens with zero attached hydrogens (tertiary/aromatic N) is 3. The maximum Gasteiger partial charge on any atom is 0.0767 e. The van der Waals surface area contributed by atoms with Gasteiger partial charge in [0.15, 0.2) is 0 Å². The van der Waals surface area contributed by atoms with E-state index in [2.05, 4.69) is 52.1 Å². The average Bonchev–Trinajstić information content (AvgIpc) is 2.72. The fourth-order valence-electron chi connectivity index (χ4n) is 2.85. The minimum absolute atomic E-state index is 0.707. The van der Waals surface area contributed by atoms with Gasteiger partial charge in [0.25, 0.3) is 0 Å². The Morgan fingerprint density at radius 1 is 1.37 bits per heavy atom. The molecule has 2 rings (SSSR count). The van der Waals surface area contributed by atoms with Crippen molar-refractivity contribution in [3.63, 3.8) is 0 Å². The molecule has 19 heavy (non-hydrogen) atoms. The predicted octanol–water partition coefficient (Wildman–Crippen LogP) is 2.32. The lowest BCUT2D eigenvalue weighted by atomic mass is 10.0. The van der Waals surface area contributed by atoms with E-state index in [4.69, 9.17) is 0 Å². The molecular weight excluding hydrogens is 304 g/mol. The standard InChI is InChI=1S/C14H25BrN4/c1-4-12-14(15)13(18(3)17-12)10-19(5-2)11-6-8-16-9-7-11/h11,16H,4-10H2,1-3H3. The van der Waals surface area contributed by atoms with Crippen LogP contribution >= 0.6 is 15.9 Å². The highest BCUT2D eigenvalue weighted by molar-refractivity contribution is 9.10. The van der Waals surface area contributed by atoms with Crippen molar-refractivity contribution in [3.05, 3.63) is 15.9 Å². The number of halogens is 1. The molecule has 0 aliphatic carbocycles. The molecule has 1 N–H and O–H groups in total. The number of hydrogen-bond acceptors (Lipinski definition) is 3. The number of hydrogen-bond donors (Lipinski definition) is 1. The van der Waals surface area contributed by atoms with Gasteiger partial charge in [-0.15, -0.1) is 0 Å². The summed E-state index contributed by atoms with van der Waals surface area (Å²) in [5, 5.41) is 8.03. The van der Waals surface area contributed by atoms with Crippen molar-refractivity contribution in [2.45, 2.75) is 45.7 Å². The Morgan fingerprint density at radius 2 is 2.05 bits per heavy atom. The molecule has 0 spiro atoms. The second-order valence-corrected chi connectivity index (χ2v) is 6.02. The summed E-state index contributed by atoms with van der Waals surface area (Å²) in [6.45, 7) is 8.80. The Morgan fingerprint density at radius 3 is 2.58 bits per heavy atom. The van der Waals surface area contributed by atoms with Gasteiger partial charge in [0.05, 0.1) is 15.9 Å². The summed E-state index contributed by atoms with van der Waals surface area (Å²) in [6.07, 6.45) is 3.49. The van der Waals surface area contributed by atoms with E-state index in [1.807, 2.05) is 4.68 Å². The van der Waals surface area contributed by atoms with E-state index in [9.17, 15) is 0 Å². The zero-order valence-electron chi connectivity index (χ0n) is 12.2. The van der Waals surface area contributed by atoms with E-state index in [1.165, 1.54) is 28.7 Å². The molecule has 5 heteroatoms. The third-order valence-electron chi connectivity index (χ3n) is 4.09. The molecule has 0 aromatic carbocycles. The molecule has 2 heterocycles. The topological polar surface area (TPSA) is 33.1 Å². The van der Waals surface area contributed by atoms with Crippen LogP contribution in [0.15, 0.2) is 4.47 Å². The average molecular weight is 329 g/mol. The minimum Gasteiger partial charge on any atom is -0.317 e. The third kappa shape index (κ3) is 3.38. The molecular formula is C14H25BrN4. The van der Waals surface area contributed by atoms with E-state index >= 15 is 0 Å². The molecule has 108 valence electrons.